The molecule has 2 heterocycles. The van der Waals surface area contributed by atoms with Crippen LogP contribution in [-0.4, -0.2) is 56.9 Å². The molecule has 240 valence electrons. The van der Waals surface area contributed by atoms with Crippen molar-refractivity contribution < 1.29 is 29.1 Å². The van der Waals surface area contributed by atoms with E-state index in [9.17, 15) is 29.1 Å². The van der Waals surface area contributed by atoms with Crippen LogP contribution in [0.5, 0.6) is 0 Å². The van der Waals surface area contributed by atoms with Crippen molar-refractivity contribution in [3.8, 4) is 0 Å². The maximum Gasteiger partial charge on any atom is 0.324 e. The highest BCUT2D eigenvalue weighted by Crippen LogP contribution is 2.50. The minimum absolute atomic E-state index is 0.144. The average Bonchev–Trinajstić information content (AvgIpc) is 3.59. The second-order valence-corrected chi connectivity index (χ2v) is 13.4. The summed E-state index contributed by atoms with van der Waals surface area (Å²) in [5, 5.41) is 13.9. The van der Waals surface area contributed by atoms with Crippen molar-refractivity contribution in [2.24, 2.45) is 11.8 Å². The third kappa shape index (κ3) is 5.19. The topological polar surface area (TPSA) is 121 Å². The van der Waals surface area contributed by atoms with Gasteiger partial charge in [-0.15, -0.1) is 0 Å². The first-order valence-corrected chi connectivity index (χ1v) is 17.1. The number of hydrogen-bond donors (Lipinski definition) is 2. The summed E-state index contributed by atoms with van der Waals surface area (Å²) >= 11 is 1.47. The molecule has 2 amide bonds. The number of fused-ring (bicyclic) bond motifs is 3. The Kier molecular flexibility index (Phi) is 8.19. The number of likely N-dealkylation sites (tertiary alicyclic amines) is 1. The molecule has 48 heavy (non-hydrogen) atoms. The molecule has 0 aromatic heterocycles. The minimum Gasteiger partial charge on any atom is -0.480 e. The number of thioether (sulfide) groups is 1. The van der Waals surface area contributed by atoms with Gasteiger partial charge in [-0.2, -0.15) is 11.8 Å². The van der Waals surface area contributed by atoms with Gasteiger partial charge in [0.25, 0.3) is 0 Å². The van der Waals surface area contributed by atoms with E-state index in [0.717, 1.165) is 16.0 Å². The van der Waals surface area contributed by atoms with Gasteiger partial charge in [0.1, 0.15) is 5.54 Å². The Labute approximate surface area is 281 Å². The molecule has 3 aliphatic rings. The summed E-state index contributed by atoms with van der Waals surface area (Å²) in [6.45, 7) is -0.144. The third-order valence-corrected chi connectivity index (χ3v) is 10.3. The molecule has 0 spiro atoms. The van der Waals surface area contributed by atoms with E-state index in [2.05, 4.69) is 5.32 Å². The van der Waals surface area contributed by atoms with Crippen LogP contribution in [0, 0.1) is 11.8 Å². The van der Waals surface area contributed by atoms with E-state index in [1.807, 2.05) is 73.0 Å². The molecule has 9 heteroatoms. The number of carboxylic acid groups (broad SMARTS) is 1. The second kappa shape index (κ2) is 12.5. The lowest BCUT2D eigenvalue weighted by atomic mass is 9.78. The summed E-state index contributed by atoms with van der Waals surface area (Å²) in [4.78, 5) is 69.0. The Balaban J connectivity index is 1.20. The molecular formula is C39H32N2O6S. The molecule has 2 N–H and O–H groups in total. The zero-order chi connectivity index (χ0) is 33.6. The fourth-order valence-electron chi connectivity index (χ4n) is 7.30. The summed E-state index contributed by atoms with van der Waals surface area (Å²) in [5.74, 6) is -4.33. The predicted octanol–water partition coefficient (Wildman–Crippen LogP) is 5.65. The van der Waals surface area contributed by atoms with Crippen molar-refractivity contribution >= 4 is 53.3 Å². The number of amides is 2. The lowest BCUT2D eigenvalue weighted by molar-refractivity contribution is -0.151. The first-order valence-electron chi connectivity index (χ1n) is 15.7. The number of benzene rings is 4. The summed E-state index contributed by atoms with van der Waals surface area (Å²) in [6, 6.07) is 28.2. The number of hydrogen-bond acceptors (Lipinski definition) is 7. The molecule has 2 fully saturated rings. The molecule has 2 aliphatic heterocycles. The number of carbonyl (C=O) groups is 5. The van der Waals surface area contributed by atoms with Gasteiger partial charge in [0.2, 0.25) is 11.8 Å². The average molecular weight is 657 g/mol. The number of carboxylic acids is 1. The molecule has 8 nitrogen and oxygen atoms in total. The highest BCUT2D eigenvalue weighted by molar-refractivity contribution is 7.98. The van der Waals surface area contributed by atoms with Gasteiger partial charge in [0, 0.05) is 28.3 Å². The Bertz CT molecular complexity index is 2010. The lowest BCUT2D eigenvalue weighted by Gasteiger charge is -2.31. The molecule has 0 saturated carbocycles. The van der Waals surface area contributed by atoms with Crippen LogP contribution in [0.4, 0.5) is 0 Å². The highest BCUT2D eigenvalue weighted by atomic mass is 32.2. The fourth-order valence-corrected chi connectivity index (χ4v) is 7.83. The van der Waals surface area contributed by atoms with Crippen LogP contribution < -0.4 is 5.32 Å². The SMILES string of the molecule is CSCCC1(C(=O)O)NC(c2ccc(C=Cc3ccccc3)cc2)C2C(=O)N(Cc3ccc4c(c3)C(=O)c3ccccc3C4=O)C(=O)C21. The van der Waals surface area contributed by atoms with Gasteiger partial charge in [0.15, 0.2) is 11.6 Å². The molecule has 2 saturated heterocycles. The lowest BCUT2D eigenvalue weighted by Crippen LogP contribution is -2.56. The second-order valence-electron chi connectivity index (χ2n) is 12.4. The van der Waals surface area contributed by atoms with Crippen LogP contribution in [0.25, 0.3) is 12.2 Å². The van der Waals surface area contributed by atoms with E-state index < -0.39 is 41.2 Å². The van der Waals surface area contributed by atoms with Crippen molar-refractivity contribution in [3.63, 3.8) is 0 Å². The largest absolute Gasteiger partial charge is 0.480 e. The van der Waals surface area contributed by atoms with Crippen molar-refractivity contribution in [2.75, 3.05) is 12.0 Å². The van der Waals surface area contributed by atoms with Gasteiger partial charge in [-0.1, -0.05) is 97.1 Å². The molecule has 7 rings (SSSR count). The maximum absolute atomic E-state index is 14.2. The van der Waals surface area contributed by atoms with Crippen LogP contribution >= 0.6 is 11.8 Å². The van der Waals surface area contributed by atoms with Crippen LogP contribution in [0.2, 0.25) is 0 Å². The molecular weight excluding hydrogens is 625 g/mol. The van der Waals surface area contributed by atoms with E-state index in [-0.39, 0.29) is 35.7 Å². The number of carbonyl (C=O) groups excluding carboxylic acids is 4. The molecule has 0 radical (unpaired) electrons. The van der Waals surface area contributed by atoms with Crippen molar-refractivity contribution in [2.45, 2.75) is 24.5 Å². The Morgan fingerprint density at radius 1 is 0.792 bits per heavy atom. The highest BCUT2D eigenvalue weighted by Gasteiger charge is 2.68. The first-order chi connectivity index (χ1) is 23.2. The molecule has 0 bridgehead atoms. The van der Waals surface area contributed by atoms with Crippen molar-refractivity contribution in [1.29, 1.82) is 0 Å². The summed E-state index contributed by atoms with van der Waals surface area (Å²) in [5.41, 5.74) is 2.70. The number of nitrogens with zero attached hydrogens (tertiary/aromatic N) is 1. The zero-order valence-corrected chi connectivity index (χ0v) is 26.9. The Morgan fingerprint density at radius 3 is 2.04 bits per heavy atom. The first kappa shape index (κ1) is 31.5. The van der Waals surface area contributed by atoms with Crippen LogP contribution in [-0.2, 0) is 20.9 Å². The quantitative estimate of drug-likeness (QED) is 0.154. The summed E-state index contributed by atoms with van der Waals surface area (Å²) < 4.78 is 0. The zero-order valence-electron chi connectivity index (χ0n) is 26.1. The van der Waals surface area contributed by atoms with Crippen LogP contribution in [0.1, 0.15) is 66.6 Å². The number of rotatable bonds is 9. The van der Waals surface area contributed by atoms with Gasteiger partial charge in [-0.25, -0.2) is 0 Å². The number of ketones is 2. The van der Waals surface area contributed by atoms with Gasteiger partial charge in [0.05, 0.1) is 18.4 Å². The number of nitrogens with one attached hydrogen (secondary N) is 1. The van der Waals surface area contributed by atoms with Gasteiger partial charge in [-0.05, 0) is 52.8 Å². The smallest absolute Gasteiger partial charge is 0.324 e. The molecule has 4 aromatic carbocycles. The van der Waals surface area contributed by atoms with E-state index in [1.54, 1.807) is 42.5 Å². The number of imide groups is 1. The molecule has 4 atom stereocenters. The number of aliphatic carboxylic acids is 1. The van der Waals surface area contributed by atoms with Crippen LogP contribution in [0.15, 0.2) is 97.1 Å². The van der Waals surface area contributed by atoms with Crippen molar-refractivity contribution in [3.05, 3.63) is 142 Å². The van der Waals surface area contributed by atoms with E-state index in [1.165, 1.54) is 11.8 Å². The summed E-state index contributed by atoms with van der Waals surface area (Å²) in [7, 11) is 0. The van der Waals surface area contributed by atoms with Gasteiger partial charge >= 0.3 is 5.97 Å². The normalized spacial score (nSPS) is 23.0. The Hall–Kier alpha value is -5.12. The minimum atomic E-state index is -1.65. The van der Waals surface area contributed by atoms with E-state index in [0.29, 0.717) is 28.0 Å². The fraction of sp³-hybridized carbons (Fsp3) is 0.205. The van der Waals surface area contributed by atoms with Crippen molar-refractivity contribution in [1.82, 2.24) is 10.2 Å². The predicted molar refractivity (Wildman–Crippen MR) is 183 cm³/mol. The summed E-state index contributed by atoms with van der Waals surface area (Å²) in [6.07, 6.45) is 6.00. The molecule has 4 aromatic rings. The van der Waals surface area contributed by atoms with E-state index >= 15 is 0 Å². The third-order valence-electron chi connectivity index (χ3n) is 9.72. The molecule has 1 aliphatic carbocycles. The van der Waals surface area contributed by atoms with Gasteiger partial charge < -0.3 is 5.11 Å². The van der Waals surface area contributed by atoms with E-state index in [4.69, 9.17) is 0 Å². The maximum atomic E-state index is 14.2. The standard InChI is InChI=1S/C39H32N2O6S/c1-48-20-19-39(38(46)47)32-31(33(40-39)26-16-13-24(14-17-26)12-11-23-7-3-2-4-8-23)36(44)41(37(32)45)22-25-15-18-29-30(21-25)35(43)28-10-6-5-9-27(28)34(29)42/h2-18,21,31-33,40H,19-20,22H2,1H3,(H,46,47). The monoisotopic (exact) mass is 656 g/mol. The van der Waals surface area contributed by atoms with Gasteiger partial charge in [-0.3, -0.25) is 34.2 Å². The Morgan fingerprint density at radius 2 is 1.40 bits per heavy atom. The van der Waals surface area contributed by atoms with Crippen LogP contribution in [0.3, 0.4) is 0 Å². The molecule has 4 unspecified atom stereocenters.